The maximum Gasteiger partial charge on any atom is 0.257 e. The average Bonchev–Trinajstić information content (AvgIpc) is 2.80. The van der Waals surface area contributed by atoms with Gasteiger partial charge < -0.3 is 9.80 Å². The standard InChI is InChI=1S/C23H31N5O/c1-2-21-10-6-7-11-28(21)23-24-16-20(17-25-23)22(29)27-14-12-26(13-15-27)18-19-8-4-3-5-9-19/h3-5,8-9,16-17,21H,2,6-7,10-15,18H2,1H3. The fourth-order valence-electron chi connectivity index (χ4n) is 4.40. The third kappa shape index (κ3) is 4.75. The molecule has 2 saturated heterocycles. The molecule has 0 spiro atoms. The number of rotatable bonds is 5. The van der Waals surface area contributed by atoms with Crippen LogP contribution in [0.3, 0.4) is 0 Å². The first-order chi connectivity index (χ1) is 14.2. The lowest BCUT2D eigenvalue weighted by Crippen LogP contribution is -2.48. The van der Waals surface area contributed by atoms with Crippen molar-refractivity contribution < 1.29 is 4.79 Å². The van der Waals surface area contributed by atoms with Crippen molar-refractivity contribution >= 4 is 11.9 Å². The summed E-state index contributed by atoms with van der Waals surface area (Å²) in [5.41, 5.74) is 1.91. The number of anilines is 1. The zero-order chi connectivity index (χ0) is 20.1. The summed E-state index contributed by atoms with van der Waals surface area (Å²) in [6, 6.07) is 11.0. The smallest absolute Gasteiger partial charge is 0.257 e. The van der Waals surface area contributed by atoms with E-state index in [4.69, 9.17) is 0 Å². The van der Waals surface area contributed by atoms with Gasteiger partial charge in [0.25, 0.3) is 5.91 Å². The third-order valence-corrected chi connectivity index (χ3v) is 6.15. The van der Waals surface area contributed by atoms with E-state index < -0.39 is 0 Å². The maximum absolute atomic E-state index is 12.9. The van der Waals surface area contributed by atoms with Crippen molar-refractivity contribution in [1.82, 2.24) is 19.8 Å². The zero-order valence-corrected chi connectivity index (χ0v) is 17.3. The molecule has 1 amide bonds. The van der Waals surface area contributed by atoms with Crippen LogP contribution in [0, 0.1) is 0 Å². The van der Waals surface area contributed by atoms with E-state index in [-0.39, 0.29) is 5.91 Å². The highest BCUT2D eigenvalue weighted by Crippen LogP contribution is 2.23. The molecule has 1 aromatic carbocycles. The second-order valence-corrected chi connectivity index (χ2v) is 8.08. The van der Waals surface area contributed by atoms with Gasteiger partial charge >= 0.3 is 0 Å². The highest BCUT2D eigenvalue weighted by molar-refractivity contribution is 5.93. The van der Waals surface area contributed by atoms with Gasteiger partial charge in [-0.3, -0.25) is 9.69 Å². The lowest BCUT2D eigenvalue weighted by Gasteiger charge is -2.35. The first-order valence-corrected chi connectivity index (χ1v) is 10.9. The molecule has 6 heteroatoms. The van der Waals surface area contributed by atoms with E-state index in [9.17, 15) is 4.79 Å². The van der Waals surface area contributed by atoms with Crippen molar-refractivity contribution in [3.05, 3.63) is 53.9 Å². The van der Waals surface area contributed by atoms with Gasteiger partial charge in [0.1, 0.15) is 0 Å². The molecule has 2 aliphatic heterocycles. The van der Waals surface area contributed by atoms with Crippen molar-refractivity contribution in [2.45, 2.75) is 45.2 Å². The highest BCUT2D eigenvalue weighted by atomic mass is 16.2. The minimum Gasteiger partial charge on any atom is -0.338 e. The number of carbonyl (C=O) groups is 1. The van der Waals surface area contributed by atoms with Crippen LogP contribution in [0.4, 0.5) is 5.95 Å². The van der Waals surface area contributed by atoms with Crippen molar-refractivity contribution in [3.8, 4) is 0 Å². The Hall–Kier alpha value is -2.47. The molecule has 1 atom stereocenters. The fourth-order valence-corrected chi connectivity index (χ4v) is 4.40. The van der Waals surface area contributed by atoms with Crippen LogP contribution < -0.4 is 4.90 Å². The van der Waals surface area contributed by atoms with Crippen molar-refractivity contribution in [1.29, 1.82) is 0 Å². The maximum atomic E-state index is 12.9. The van der Waals surface area contributed by atoms with Crippen LogP contribution in [-0.2, 0) is 6.54 Å². The van der Waals surface area contributed by atoms with Crippen LogP contribution >= 0.6 is 0 Å². The van der Waals surface area contributed by atoms with E-state index in [0.717, 1.165) is 51.6 Å². The van der Waals surface area contributed by atoms with Gasteiger partial charge in [-0.1, -0.05) is 37.3 Å². The third-order valence-electron chi connectivity index (χ3n) is 6.15. The van der Waals surface area contributed by atoms with Crippen LogP contribution in [0.25, 0.3) is 0 Å². The van der Waals surface area contributed by atoms with Crippen LogP contribution in [0.15, 0.2) is 42.7 Å². The minimum atomic E-state index is 0.0431. The summed E-state index contributed by atoms with van der Waals surface area (Å²) in [5.74, 6) is 0.808. The Morgan fingerprint density at radius 3 is 2.41 bits per heavy atom. The minimum absolute atomic E-state index is 0.0431. The summed E-state index contributed by atoms with van der Waals surface area (Å²) in [7, 11) is 0. The Balaban J connectivity index is 1.33. The average molecular weight is 394 g/mol. The SMILES string of the molecule is CCC1CCCCN1c1ncc(C(=O)N2CCN(Cc3ccccc3)CC2)cn1. The molecule has 154 valence electrons. The molecule has 29 heavy (non-hydrogen) atoms. The van der Waals surface area contributed by atoms with Gasteiger partial charge in [-0.25, -0.2) is 9.97 Å². The molecular formula is C23H31N5O. The molecular weight excluding hydrogens is 362 g/mol. The van der Waals surface area contributed by atoms with E-state index >= 15 is 0 Å². The van der Waals surface area contributed by atoms with E-state index in [1.165, 1.54) is 24.8 Å². The van der Waals surface area contributed by atoms with E-state index in [0.29, 0.717) is 11.6 Å². The zero-order valence-electron chi connectivity index (χ0n) is 17.3. The molecule has 1 aromatic heterocycles. The number of nitrogens with zero attached hydrogens (tertiary/aromatic N) is 5. The number of piperidine rings is 1. The highest BCUT2D eigenvalue weighted by Gasteiger charge is 2.25. The van der Waals surface area contributed by atoms with Crippen LogP contribution in [0.5, 0.6) is 0 Å². The van der Waals surface area contributed by atoms with Crippen molar-refractivity contribution in [3.63, 3.8) is 0 Å². The van der Waals surface area contributed by atoms with Crippen LogP contribution in [0.2, 0.25) is 0 Å². The number of carbonyl (C=O) groups excluding carboxylic acids is 1. The summed E-state index contributed by atoms with van der Waals surface area (Å²) < 4.78 is 0. The number of piperazine rings is 1. The number of hydrogen-bond acceptors (Lipinski definition) is 5. The largest absolute Gasteiger partial charge is 0.338 e. The van der Waals surface area contributed by atoms with Gasteiger partial charge in [-0.15, -0.1) is 0 Å². The first-order valence-electron chi connectivity index (χ1n) is 10.9. The summed E-state index contributed by atoms with van der Waals surface area (Å²) >= 11 is 0. The molecule has 6 nitrogen and oxygen atoms in total. The molecule has 2 aliphatic rings. The van der Waals surface area contributed by atoms with Gasteiger partial charge in [0.15, 0.2) is 0 Å². The first kappa shape index (κ1) is 19.8. The molecule has 2 aromatic rings. The molecule has 0 N–H and O–H groups in total. The Kier molecular flexibility index (Phi) is 6.39. The monoisotopic (exact) mass is 393 g/mol. The van der Waals surface area contributed by atoms with Crippen molar-refractivity contribution in [2.24, 2.45) is 0 Å². The topological polar surface area (TPSA) is 52.6 Å². The Morgan fingerprint density at radius 2 is 1.72 bits per heavy atom. The van der Waals surface area contributed by atoms with Gasteiger partial charge in [0, 0.05) is 57.7 Å². The molecule has 1 unspecified atom stereocenters. The predicted molar refractivity (Wildman–Crippen MR) is 115 cm³/mol. The molecule has 2 fully saturated rings. The van der Waals surface area contributed by atoms with E-state index in [1.807, 2.05) is 11.0 Å². The normalized spacial score (nSPS) is 20.7. The van der Waals surface area contributed by atoms with Gasteiger partial charge in [0.2, 0.25) is 5.95 Å². The molecule has 4 rings (SSSR count). The summed E-state index contributed by atoms with van der Waals surface area (Å²) in [6.07, 6.45) is 8.20. The Labute approximate surface area is 173 Å². The number of benzene rings is 1. The summed E-state index contributed by atoms with van der Waals surface area (Å²) in [5, 5.41) is 0. The van der Waals surface area contributed by atoms with Gasteiger partial charge in [-0.2, -0.15) is 0 Å². The van der Waals surface area contributed by atoms with E-state index in [1.54, 1.807) is 12.4 Å². The number of amides is 1. The fraction of sp³-hybridized carbons (Fsp3) is 0.522. The summed E-state index contributed by atoms with van der Waals surface area (Å²) in [4.78, 5) is 28.6. The quantitative estimate of drug-likeness (QED) is 0.781. The van der Waals surface area contributed by atoms with Crippen LogP contribution in [0.1, 0.15) is 48.5 Å². The molecule has 0 saturated carbocycles. The molecule has 3 heterocycles. The predicted octanol–water partition coefficient (Wildman–Crippen LogP) is 3.20. The number of aromatic nitrogens is 2. The lowest BCUT2D eigenvalue weighted by atomic mass is 10.0. The molecule has 0 aliphatic carbocycles. The Morgan fingerprint density at radius 1 is 1.00 bits per heavy atom. The lowest BCUT2D eigenvalue weighted by molar-refractivity contribution is 0.0627. The summed E-state index contributed by atoms with van der Waals surface area (Å²) in [6.45, 7) is 7.45. The van der Waals surface area contributed by atoms with Gasteiger partial charge in [0.05, 0.1) is 5.56 Å². The van der Waals surface area contributed by atoms with E-state index in [2.05, 4.69) is 51.0 Å². The van der Waals surface area contributed by atoms with Crippen LogP contribution in [-0.4, -0.2) is 64.4 Å². The number of hydrogen-bond donors (Lipinski definition) is 0. The molecule has 0 radical (unpaired) electrons. The second-order valence-electron chi connectivity index (χ2n) is 8.08. The second kappa shape index (κ2) is 9.35. The molecule has 0 bridgehead atoms. The van der Waals surface area contributed by atoms with Gasteiger partial charge in [-0.05, 0) is 31.2 Å². The van der Waals surface area contributed by atoms with Crippen molar-refractivity contribution in [2.75, 3.05) is 37.6 Å². The Bertz CT molecular complexity index is 787.